The van der Waals surface area contributed by atoms with Crippen molar-refractivity contribution in [3.63, 3.8) is 0 Å². The molecule has 3 aromatic heterocycles. The van der Waals surface area contributed by atoms with Crippen molar-refractivity contribution < 1.29 is 4.79 Å². The van der Waals surface area contributed by atoms with Gasteiger partial charge in [-0.05, 0) is 66.6 Å². The molecule has 4 rings (SSSR count). The normalized spacial score (nSPS) is 18.5. The van der Waals surface area contributed by atoms with E-state index in [1.807, 2.05) is 48.1 Å². The summed E-state index contributed by atoms with van der Waals surface area (Å²) in [5.74, 6) is 0.311. The summed E-state index contributed by atoms with van der Waals surface area (Å²) in [5.41, 5.74) is 2.20. The van der Waals surface area contributed by atoms with Gasteiger partial charge in [0.2, 0.25) is 0 Å². The van der Waals surface area contributed by atoms with Crippen LogP contribution in [0.25, 0.3) is 0 Å². The topological polar surface area (TPSA) is 58.1 Å². The number of carbonyl (C=O) groups excluding carboxylic acids is 1. The van der Waals surface area contributed by atoms with Crippen LogP contribution in [-0.4, -0.2) is 33.9 Å². The van der Waals surface area contributed by atoms with Crippen LogP contribution in [0.3, 0.4) is 0 Å². The SMILES string of the molecule is O=C(N[C@@H](c1ccccn1)[C@@H]1CCCN(Cc2ccncc2)C1)c1cccs1. The zero-order valence-electron chi connectivity index (χ0n) is 15.7. The summed E-state index contributed by atoms with van der Waals surface area (Å²) in [6, 6.07) is 13.7. The number of carbonyl (C=O) groups is 1. The molecule has 0 bridgehead atoms. The third-order valence-electron chi connectivity index (χ3n) is 5.21. The van der Waals surface area contributed by atoms with Gasteiger partial charge in [0.1, 0.15) is 0 Å². The molecule has 28 heavy (non-hydrogen) atoms. The minimum Gasteiger partial charge on any atom is -0.343 e. The van der Waals surface area contributed by atoms with Gasteiger partial charge in [-0.15, -0.1) is 11.3 Å². The van der Waals surface area contributed by atoms with E-state index in [9.17, 15) is 4.79 Å². The Labute approximate surface area is 169 Å². The number of nitrogens with zero attached hydrogens (tertiary/aromatic N) is 3. The molecule has 1 aliphatic heterocycles. The van der Waals surface area contributed by atoms with Crippen molar-refractivity contribution in [2.45, 2.75) is 25.4 Å². The number of nitrogens with one attached hydrogen (secondary N) is 1. The summed E-state index contributed by atoms with van der Waals surface area (Å²) in [4.78, 5) is 24.6. The summed E-state index contributed by atoms with van der Waals surface area (Å²) in [7, 11) is 0. The molecule has 6 heteroatoms. The Morgan fingerprint density at radius 2 is 2.07 bits per heavy atom. The standard InChI is InChI=1S/C22H24N4OS/c27-22(20-7-4-14-28-20)25-21(19-6-1-2-10-24-19)18-5-3-13-26(16-18)15-17-8-11-23-12-9-17/h1-2,4,6-12,14,18,21H,3,5,13,15-16H2,(H,25,27)/t18-,21-/m1/s1. The van der Waals surface area contributed by atoms with E-state index in [2.05, 4.69) is 32.3 Å². The number of pyridine rings is 2. The molecular formula is C22H24N4OS. The van der Waals surface area contributed by atoms with E-state index in [1.54, 1.807) is 6.20 Å². The highest BCUT2D eigenvalue weighted by Crippen LogP contribution is 2.30. The van der Waals surface area contributed by atoms with Gasteiger partial charge in [-0.3, -0.25) is 19.7 Å². The van der Waals surface area contributed by atoms with Gasteiger partial charge in [0.25, 0.3) is 5.91 Å². The fourth-order valence-corrected chi connectivity index (χ4v) is 4.49. The Morgan fingerprint density at radius 1 is 1.18 bits per heavy atom. The fraction of sp³-hybridized carbons (Fsp3) is 0.318. The Balaban J connectivity index is 1.51. The Hall–Kier alpha value is -2.57. The van der Waals surface area contributed by atoms with Crippen molar-refractivity contribution in [3.8, 4) is 0 Å². The molecule has 3 aromatic rings. The number of hydrogen-bond donors (Lipinski definition) is 1. The molecule has 1 saturated heterocycles. The van der Waals surface area contributed by atoms with Crippen LogP contribution < -0.4 is 5.32 Å². The lowest BCUT2D eigenvalue weighted by atomic mass is 9.88. The van der Waals surface area contributed by atoms with E-state index >= 15 is 0 Å². The molecule has 2 atom stereocenters. The average molecular weight is 393 g/mol. The van der Waals surface area contributed by atoms with E-state index in [1.165, 1.54) is 16.9 Å². The predicted molar refractivity (Wildman–Crippen MR) is 111 cm³/mol. The average Bonchev–Trinajstić information content (AvgIpc) is 3.29. The summed E-state index contributed by atoms with van der Waals surface area (Å²) >= 11 is 1.47. The maximum absolute atomic E-state index is 12.8. The Morgan fingerprint density at radius 3 is 2.82 bits per heavy atom. The van der Waals surface area contributed by atoms with Crippen LogP contribution in [-0.2, 0) is 6.54 Å². The molecule has 1 fully saturated rings. The van der Waals surface area contributed by atoms with E-state index < -0.39 is 0 Å². The first-order valence-electron chi connectivity index (χ1n) is 9.66. The van der Waals surface area contributed by atoms with Crippen molar-refractivity contribution in [3.05, 3.63) is 82.6 Å². The van der Waals surface area contributed by atoms with E-state index in [0.717, 1.165) is 43.0 Å². The van der Waals surface area contributed by atoms with Crippen LogP contribution in [0.1, 0.15) is 39.8 Å². The lowest BCUT2D eigenvalue weighted by Crippen LogP contribution is -2.42. The minimum absolute atomic E-state index is 0.0167. The molecule has 1 N–H and O–H groups in total. The van der Waals surface area contributed by atoms with Crippen LogP contribution in [0.4, 0.5) is 0 Å². The van der Waals surface area contributed by atoms with E-state index in [4.69, 9.17) is 0 Å². The molecule has 0 aliphatic carbocycles. The van der Waals surface area contributed by atoms with Gasteiger partial charge < -0.3 is 5.32 Å². The first kappa shape index (κ1) is 18.8. The number of aromatic nitrogens is 2. The lowest BCUT2D eigenvalue weighted by Gasteiger charge is -2.37. The number of thiophene rings is 1. The number of likely N-dealkylation sites (tertiary alicyclic amines) is 1. The smallest absolute Gasteiger partial charge is 0.261 e. The van der Waals surface area contributed by atoms with Crippen molar-refractivity contribution >= 4 is 17.2 Å². The monoisotopic (exact) mass is 392 g/mol. The molecular weight excluding hydrogens is 368 g/mol. The molecule has 0 radical (unpaired) electrons. The van der Waals surface area contributed by atoms with Crippen molar-refractivity contribution in [1.29, 1.82) is 0 Å². The zero-order valence-corrected chi connectivity index (χ0v) is 16.5. The van der Waals surface area contributed by atoms with E-state index in [-0.39, 0.29) is 11.9 Å². The molecule has 5 nitrogen and oxygen atoms in total. The summed E-state index contributed by atoms with van der Waals surface area (Å²) in [6.45, 7) is 2.92. The van der Waals surface area contributed by atoms with Crippen LogP contribution in [0.2, 0.25) is 0 Å². The molecule has 1 amide bonds. The van der Waals surface area contributed by atoms with Crippen LogP contribution in [0.5, 0.6) is 0 Å². The van der Waals surface area contributed by atoms with Crippen molar-refractivity contribution in [1.82, 2.24) is 20.2 Å². The second-order valence-corrected chi connectivity index (χ2v) is 8.12. The zero-order chi connectivity index (χ0) is 19.2. The first-order valence-corrected chi connectivity index (χ1v) is 10.5. The first-order chi connectivity index (χ1) is 13.8. The molecule has 144 valence electrons. The number of hydrogen-bond acceptors (Lipinski definition) is 5. The summed E-state index contributed by atoms with van der Waals surface area (Å²) in [5, 5.41) is 5.19. The molecule has 0 spiro atoms. The van der Waals surface area contributed by atoms with Crippen LogP contribution >= 0.6 is 11.3 Å². The van der Waals surface area contributed by atoms with Gasteiger partial charge in [0.15, 0.2) is 0 Å². The second-order valence-electron chi connectivity index (χ2n) is 7.18. The third-order valence-corrected chi connectivity index (χ3v) is 6.08. The maximum Gasteiger partial charge on any atom is 0.261 e. The maximum atomic E-state index is 12.8. The highest BCUT2D eigenvalue weighted by Gasteiger charge is 2.30. The Bertz CT molecular complexity index is 870. The van der Waals surface area contributed by atoms with Crippen LogP contribution in [0, 0.1) is 5.92 Å². The fourth-order valence-electron chi connectivity index (χ4n) is 3.87. The molecule has 0 unspecified atom stereocenters. The molecule has 0 aromatic carbocycles. The summed E-state index contributed by atoms with van der Waals surface area (Å²) in [6.07, 6.45) is 7.69. The van der Waals surface area contributed by atoms with Gasteiger partial charge in [-0.25, -0.2) is 0 Å². The number of rotatable bonds is 6. The molecule has 0 saturated carbocycles. The van der Waals surface area contributed by atoms with Gasteiger partial charge in [-0.2, -0.15) is 0 Å². The highest BCUT2D eigenvalue weighted by molar-refractivity contribution is 7.12. The number of piperidine rings is 1. The van der Waals surface area contributed by atoms with Gasteiger partial charge in [0.05, 0.1) is 16.6 Å². The minimum atomic E-state index is -0.0870. The van der Waals surface area contributed by atoms with E-state index in [0.29, 0.717) is 5.92 Å². The lowest BCUT2D eigenvalue weighted by molar-refractivity contribution is 0.0879. The van der Waals surface area contributed by atoms with Gasteiger partial charge in [-0.1, -0.05) is 12.1 Å². The van der Waals surface area contributed by atoms with Crippen LogP contribution in [0.15, 0.2) is 66.4 Å². The number of amides is 1. The predicted octanol–water partition coefficient (Wildman–Crippen LogP) is 3.92. The quantitative estimate of drug-likeness (QED) is 0.691. The highest BCUT2D eigenvalue weighted by atomic mass is 32.1. The second kappa shape index (κ2) is 9.08. The summed E-state index contributed by atoms with van der Waals surface area (Å²) < 4.78 is 0. The molecule has 1 aliphatic rings. The van der Waals surface area contributed by atoms with Gasteiger partial charge in [0, 0.05) is 31.7 Å². The Kier molecular flexibility index (Phi) is 6.09. The van der Waals surface area contributed by atoms with Crippen molar-refractivity contribution in [2.24, 2.45) is 5.92 Å². The third kappa shape index (κ3) is 4.64. The molecule has 4 heterocycles. The largest absolute Gasteiger partial charge is 0.343 e. The van der Waals surface area contributed by atoms with Gasteiger partial charge >= 0.3 is 0 Å². The van der Waals surface area contributed by atoms with Crippen molar-refractivity contribution in [2.75, 3.05) is 13.1 Å².